The number of halogens is 1. The van der Waals surface area contributed by atoms with Crippen molar-refractivity contribution in [2.45, 2.75) is 16.7 Å². The second-order valence-electron chi connectivity index (χ2n) is 4.14. The van der Waals surface area contributed by atoms with E-state index in [0.717, 1.165) is 15.5 Å². The molecule has 0 spiro atoms. The lowest BCUT2D eigenvalue weighted by atomic mass is 10.2. The molecule has 0 radical (unpaired) electrons. The van der Waals surface area contributed by atoms with Crippen molar-refractivity contribution in [2.75, 3.05) is 13.7 Å². The number of hydrogen-bond acceptors (Lipinski definition) is 4. The maximum absolute atomic E-state index is 12.0. The van der Waals surface area contributed by atoms with Gasteiger partial charge in [0.1, 0.15) is 5.75 Å². The van der Waals surface area contributed by atoms with Gasteiger partial charge >= 0.3 is 5.97 Å². The molecule has 2 aromatic carbocycles. The number of esters is 1. The van der Waals surface area contributed by atoms with E-state index in [0.29, 0.717) is 17.2 Å². The molecule has 110 valence electrons. The maximum atomic E-state index is 12.0. The molecule has 0 saturated heterocycles. The zero-order valence-electron chi connectivity index (χ0n) is 11.8. The molecule has 0 amide bonds. The fourth-order valence-corrected chi connectivity index (χ4v) is 2.82. The van der Waals surface area contributed by atoms with Gasteiger partial charge in [0.25, 0.3) is 0 Å². The fraction of sp³-hybridized carbons (Fsp3) is 0.188. The second kappa shape index (κ2) is 7.38. The molecular weight excluding hydrogens is 308 g/mol. The van der Waals surface area contributed by atoms with Gasteiger partial charge < -0.3 is 9.47 Å². The van der Waals surface area contributed by atoms with Gasteiger partial charge in [0.2, 0.25) is 0 Å². The van der Waals surface area contributed by atoms with Gasteiger partial charge in [-0.05, 0) is 49.4 Å². The van der Waals surface area contributed by atoms with Crippen molar-refractivity contribution in [1.29, 1.82) is 0 Å². The Morgan fingerprint density at radius 2 is 1.90 bits per heavy atom. The van der Waals surface area contributed by atoms with Crippen LogP contribution in [0.4, 0.5) is 0 Å². The summed E-state index contributed by atoms with van der Waals surface area (Å²) >= 11 is 7.45. The van der Waals surface area contributed by atoms with Crippen LogP contribution >= 0.6 is 23.4 Å². The molecule has 0 aromatic heterocycles. The van der Waals surface area contributed by atoms with Crippen molar-refractivity contribution >= 4 is 29.3 Å². The van der Waals surface area contributed by atoms with E-state index < -0.39 is 0 Å². The Balaban J connectivity index is 2.27. The van der Waals surface area contributed by atoms with Gasteiger partial charge in [-0.25, -0.2) is 4.79 Å². The molecular formula is C16H15ClO3S. The summed E-state index contributed by atoms with van der Waals surface area (Å²) in [7, 11) is 1.63. The molecule has 21 heavy (non-hydrogen) atoms. The predicted octanol–water partition coefficient (Wildman–Crippen LogP) is 4.68. The Hall–Kier alpha value is -1.65. The summed E-state index contributed by atoms with van der Waals surface area (Å²) in [6.45, 7) is 2.11. The largest absolute Gasteiger partial charge is 0.497 e. The third-order valence-electron chi connectivity index (χ3n) is 2.72. The van der Waals surface area contributed by atoms with Crippen LogP contribution < -0.4 is 4.74 Å². The lowest BCUT2D eigenvalue weighted by molar-refractivity contribution is 0.0522. The van der Waals surface area contributed by atoms with Gasteiger partial charge in [-0.2, -0.15) is 0 Å². The number of rotatable bonds is 5. The van der Waals surface area contributed by atoms with Gasteiger partial charge in [-0.1, -0.05) is 23.4 Å². The number of hydrogen-bond donors (Lipinski definition) is 0. The van der Waals surface area contributed by atoms with Crippen LogP contribution in [-0.2, 0) is 4.74 Å². The summed E-state index contributed by atoms with van der Waals surface area (Å²) < 4.78 is 10.2. The van der Waals surface area contributed by atoms with E-state index in [2.05, 4.69) is 0 Å². The van der Waals surface area contributed by atoms with Crippen molar-refractivity contribution < 1.29 is 14.3 Å². The summed E-state index contributed by atoms with van der Waals surface area (Å²) in [4.78, 5) is 13.8. The van der Waals surface area contributed by atoms with Crippen LogP contribution in [0, 0.1) is 0 Å². The Bertz CT molecular complexity index is 626. The molecule has 0 unspecified atom stereocenters. The second-order valence-corrected chi connectivity index (χ2v) is 5.69. The van der Waals surface area contributed by atoms with Crippen molar-refractivity contribution in [3.63, 3.8) is 0 Å². The number of ether oxygens (including phenoxy) is 2. The molecule has 0 N–H and O–H groups in total. The molecule has 0 atom stereocenters. The van der Waals surface area contributed by atoms with E-state index in [1.807, 2.05) is 30.3 Å². The molecule has 2 aromatic rings. The van der Waals surface area contributed by atoms with Gasteiger partial charge in [-0.3, -0.25) is 0 Å². The van der Waals surface area contributed by atoms with Crippen LogP contribution in [0.25, 0.3) is 0 Å². The van der Waals surface area contributed by atoms with Crippen LogP contribution in [0.2, 0.25) is 5.02 Å². The molecule has 2 rings (SSSR count). The molecule has 0 heterocycles. The molecule has 0 saturated carbocycles. The molecule has 5 heteroatoms. The Labute approximate surface area is 133 Å². The lowest BCUT2D eigenvalue weighted by Gasteiger charge is -2.09. The highest BCUT2D eigenvalue weighted by Gasteiger charge is 2.14. The third-order valence-corrected chi connectivity index (χ3v) is 4.04. The first-order valence-electron chi connectivity index (χ1n) is 6.42. The van der Waals surface area contributed by atoms with E-state index in [9.17, 15) is 4.79 Å². The smallest absolute Gasteiger partial charge is 0.339 e. The van der Waals surface area contributed by atoms with Gasteiger partial charge in [0.15, 0.2) is 0 Å². The highest BCUT2D eigenvalue weighted by Crippen LogP contribution is 2.33. The van der Waals surface area contributed by atoms with Crippen LogP contribution in [-0.4, -0.2) is 19.7 Å². The van der Waals surface area contributed by atoms with Crippen molar-refractivity contribution in [3.8, 4) is 5.75 Å². The number of methoxy groups -OCH3 is 1. The molecule has 0 aliphatic carbocycles. The van der Waals surface area contributed by atoms with Crippen LogP contribution in [0.15, 0.2) is 52.3 Å². The fourth-order valence-electron chi connectivity index (χ4n) is 1.73. The zero-order chi connectivity index (χ0) is 15.2. The van der Waals surface area contributed by atoms with Crippen LogP contribution in [0.3, 0.4) is 0 Å². The van der Waals surface area contributed by atoms with Crippen molar-refractivity contribution in [3.05, 3.63) is 53.1 Å². The molecule has 3 nitrogen and oxygen atoms in total. The molecule has 0 fully saturated rings. The Morgan fingerprint density at radius 1 is 1.19 bits per heavy atom. The summed E-state index contributed by atoms with van der Waals surface area (Å²) in [5.41, 5.74) is 0.477. The average molecular weight is 323 g/mol. The quantitative estimate of drug-likeness (QED) is 0.749. The van der Waals surface area contributed by atoms with Gasteiger partial charge in [-0.15, -0.1) is 0 Å². The monoisotopic (exact) mass is 322 g/mol. The maximum Gasteiger partial charge on any atom is 0.339 e. The van der Waals surface area contributed by atoms with E-state index in [1.54, 1.807) is 26.2 Å². The van der Waals surface area contributed by atoms with E-state index >= 15 is 0 Å². The van der Waals surface area contributed by atoms with Crippen molar-refractivity contribution in [1.82, 2.24) is 0 Å². The third kappa shape index (κ3) is 4.16. The first-order chi connectivity index (χ1) is 10.1. The molecule has 0 aliphatic rings. The molecule has 0 aliphatic heterocycles. The van der Waals surface area contributed by atoms with Gasteiger partial charge in [0.05, 0.1) is 19.3 Å². The molecule has 0 bridgehead atoms. The normalized spacial score (nSPS) is 10.2. The van der Waals surface area contributed by atoms with Gasteiger partial charge in [0, 0.05) is 14.8 Å². The van der Waals surface area contributed by atoms with Crippen molar-refractivity contribution in [2.24, 2.45) is 0 Å². The number of carbonyl (C=O) groups is 1. The SMILES string of the molecule is CCOC(=O)c1cc(Cl)ccc1Sc1ccc(OC)cc1. The Morgan fingerprint density at radius 3 is 2.52 bits per heavy atom. The summed E-state index contributed by atoms with van der Waals surface area (Å²) in [5.74, 6) is 0.428. The lowest BCUT2D eigenvalue weighted by Crippen LogP contribution is -2.06. The van der Waals surface area contributed by atoms with Crippen LogP contribution in [0.1, 0.15) is 17.3 Å². The summed E-state index contributed by atoms with van der Waals surface area (Å²) in [6, 6.07) is 12.8. The summed E-state index contributed by atoms with van der Waals surface area (Å²) in [5, 5.41) is 0.511. The summed E-state index contributed by atoms with van der Waals surface area (Å²) in [6.07, 6.45) is 0. The van der Waals surface area contributed by atoms with E-state index in [4.69, 9.17) is 21.1 Å². The first-order valence-corrected chi connectivity index (χ1v) is 7.62. The number of carbonyl (C=O) groups excluding carboxylic acids is 1. The standard InChI is InChI=1S/C16H15ClO3S/c1-3-20-16(18)14-10-11(17)4-9-15(14)21-13-7-5-12(19-2)6-8-13/h4-10H,3H2,1-2H3. The minimum Gasteiger partial charge on any atom is -0.497 e. The van der Waals surface area contributed by atoms with Crippen LogP contribution in [0.5, 0.6) is 5.75 Å². The zero-order valence-corrected chi connectivity index (χ0v) is 13.3. The van der Waals surface area contributed by atoms with E-state index in [1.165, 1.54) is 11.8 Å². The first kappa shape index (κ1) is 15.7. The minimum atomic E-state index is -0.365. The highest BCUT2D eigenvalue weighted by atomic mass is 35.5. The van der Waals surface area contributed by atoms with E-state index in [-0.39, 0.29) is 5.97 Å². The minimum absolute atomic E-state index is 0.331. The average Bonchev–Trinajstić information content (AvgIpc) is 2.50. The number of benzene rings is 2. The highest BCUT2D eigenvalue weighted by molar-refractivity contribution is 7.99. The predicted molar refractivity (Wildman–Crippen MR) is 84.5 cm³/mol. The topological polar surface area (TPSA) is 35.5 Å². The Kier molecular flexibility index (Phi) is 5.53.